The molecule has 0 amide bonds. The van der Waals surface area contributed by atoms with E-state index in [1.54, 1.807) is 32.4 Å². The Hall–Kier alpha value is -3.98. The molecule has 3 rings (SSSR count). The summed E-state index contributed by atoms with van der Waals surface area (Å²) in [7, 11) is 4.58. The first-order valence-electron chi connectivity index (χ1n) is 11.6. The summed E-state index contributed by atoms with van der Waals surface area (Å²) in [6, 6.07) is 18.8. The maximum absolute atomic E-state index is 13.9. The topological polar surface area (TPSA) is 69.5 Å². The Balaban J connectivity index is 0.00000161. The van der Waals surface area contributed by atoms with Crippen LogP contribution in [-0.4, -0.2) is 39.0 Å². The Kier molecular flexibility index (Phi) is 11.7. The number of nitrogens with zero attached hydrogens (tertiary/aromatic N) is 2. The van der Waals surface area contributed by atoms with Crippen molar-refractivity contribution in [3.05, 3.63) is 106 Å². The van der Waals surface area contributed by atoms with E-state index in [2.05, 4.69) is 15.0 Å². The Morgan fingerprint density at radius 2 is 1.58 bits per heavy atom. The number of hydrogen-bond acceptors (Lipinski definition) is 6. The molecule has 0 bridgehead atoms. The van der Waals surface area contributed by atoms with Crippen molar-refractivity contribution in [2.45, 2.75) is 33.1 Å². The number of ether oxygens (including phenoxy) is 1. The van der Waals surface area contributed by atoms with Crippen molar-refractivity contribution in [1.82, 2.24) is 0 Å². The summed E-state index contributed by atoms with van der Waals surface area (Å²) in [6.45, 7) is 3.22. The van der Waals surface area contributed by atoms with Gasteiger partial charge >= 0.3 is 6.18 Å². The van der Waals surface area contributed by atoms with Gasteiger partial charge in [0.2, 0.25) is 0 Å². The zero-order chi connectivity index (χ0) is 28.1. The number of hydrogen-bond donors (Lipinski definition) is 0. The normalized spacial score (nSPS) is 11.9. The highest BCUT2D eigenvalue weighted by Crippen LogP contribution is 2.33. The van der Waals surface area contributed by atoms with Crippen LogP contribution >= 0.6 is 0 Å². The van der Waals surface area contributed by atoms with Crippen LogP contribution in [0, 0.1) is 6.92 Å². The lowest BCUT2D eigenvalue weighted by atomic mass is 9.97. The van der Waals surface area contributed by atoms with Crippen LogP contribution in [-0.2, 0) is 38.4 Å². The van der Waals surface area contributed by atoms with Gasteiger partial charge in [0, 0.05) is 30.9 Å². The maximum Gasteiger partial charge on any atom is 0.417 e. The summed E-state index contributed by atoms with van der Waals surface area (Å²) in [5.41, 5.74) is 2.71. The number of benzene rings is 3. The molecule has 0 aliphatic carbocycles. The molecule has 0 spiro atoms. The van der Waals surface area contributed by atoms with Gasteiger partial charge in [-0.05, 0) is 43.0 Å². The van der Waals surface area contributed by atoms with Gasteiger partial charge in [-0.2, -0.15) is 13.2 Å². The number of oxime groups is 2. The zero-order valence-electron chi connectivity index (χ0n) is 22.0. The van der Waals surface area contributed by atoms with Crippen molar-refractivity contribution < 1.29 is 32.4 Å². The fourth-order valence-corrected chi connectivity index (χ4v) is 3.69. The molecule has 0 N–H and O–H groups in total. The van der Waals surface area contributed by atoms with Crippen LogP contribution in [0.4, 0.5) is 13.2 Å². The van der Waals surface area contributed by atoms with Gasteiger partial charge in [0.1, 0.15) is 19.4 Å². The molecule has 9 heteroatoms. The maximum atomic E-state index is 13.9. The highest BCUT2D eigenvalue weighted by Gasteiger charge is 2.34. The van der Waals surface area contributed by atoms with E-state index in [-0.39, 0.29) is 23.6 Å². The molecule has 0 radical (unpaired) electrons. The summed E-state index contributed by atoms with van der Waals surface area (Å²) in [5, 5.41) is 7.66. The van der Waals surface area contributed by atoms with E-state index in [0.29, 0.717) is 29.4 Å². The third-order valence-electron chi connectivity index (χ3n) is 5.43. The lowest BCUT2D eigenvalue weighted by Crippen LogP contribution is -2.13. The van der Waals surface area contributed by atoms with Gasteiger partial charge in [-0.1, -0.05) is 71.0 Å². The van der Waals surface area contributed by atoms with Crippen LogP contribution in [0.1, 0.15) is 45.9 Å². The van der Waals surface area contributed by atoms with Gasteiger partial charge < -0.3 is 14.4 Å². The Labute approximate surface area is 220 Å². The quantitative estimate of drug-likeness (QED) is 0.184. The summed E-state index contributed by atoms with van der Waals surface area (Å²) < 4.78 is 45.9. The van der Waals surface area contributed by atoms with Gasteiger partial charge in [0.15, 0.2) is 6.29 Å². The van der Waals surface area contributed by atoms with E-state index in [9.17, 15) is 18.0 Å². The molecule has 0 aromatic heterocycles. The Morgan fingerprint density at radius 3 is 2.18 bits per heavy atom. The second-order valence-electron chi connectivity index (χ2n) is 8.28. The van der Waals surface area contributed by atoms with E-state index in [1.165, 1.54) is 20.1 Å². The predicted octanol–water partition coefficient (Wildman–Crippen LogP) is 6.36. The van der Waals surface area contributed by atoms with Crippen molar-refractivity contribution in [1.29, 1.82) is 0 Å². The number of rotatable bonds is 9. The molecule has 0 unspecified atom stereocenters. The van der Waals surface area contributed by atoms with E-state index >= 15 is 0 Å². The minimum Gasteiger partial charge on any atom is -0.399 e. The number of methoxy groups -OCH3 is 1. The van der Waals surface area contributed by atoms with Crippen molar-refractivity contribution in [2.75, 3.05) is 21.3 Å². The van der Waals surface area contributed by atoms with Gasteiger partial charge in [-0.25, -0.2) is 0 Å². The van der Waals surface area contributed by atoms with Crippen molar-refractivity contribution >= 4 is 17.7 Å². The lowest BCUT2D eigenvalue weighted by molar-refractivity contribution is -0.137. The second-order valence-corrected chi connectivity index (χ2v) is 8.28. The second kappa shape index (κ2) is 14.7. The van der Waals surface area contributed by atoms with E-state index < -0.39 is 11.7 Å². The van der Waals surface area contributed by atoms with Gasteiger partial charge in [0.25, 0.3) is 0 Å². The van der Waals surface area contributed by atoms with Crippen LogP contribution in [0.5, 0.6) is 0 Å². The minimum atomic E-state index is -4.56. The third-order valence-corrected chi connectivity index (χ3v) is 5.43. The lowest BCUT2D eigenvalue weighted by Gasteiger charge is -2.15. The smallest absolute Gasteiger partial charge is 0.399 e. The first kappa shape index (κ1) is 30.2. The van der Waals surface area contributed by atoms with Crippen LogP contribution in [0.3, 0.4) is 0 Å². The van der Waals surface area contributed by atoms with Crippen LogP contribution < -0.4 is 0 Å². The first-order valence-corrected chi connectivity index (χ1v) is 11.6. The van der Waals surface area contributed by atoms with Crippen LogP contribution in [0.2, 0.25) is 0 Å². The SMILES string of the molecule is CO/N=C(/C=O)c1cccc(C)c1CO/N=C(\C)c1ccc(Cc2ccccc2)cc1C(F)(F)F.COC. The largest absolute Gasteiger partial charge is 0.417 e. The van der Waals surface area contributed by atoms with E-state index in [0.717, 1.165) is 17.2 Å². The van der Waals surface area contributed by atoms with Crippen molar-refractivity contribution in [3.63, 3.8) is 0 Å². The molecule has 202 valence electrons. The number of carbonyl (C=O) groups excluding carboxylic acids is 1. The minimum absolute atomic E-state index is 0.0613. The molecule has 0 saturated heterocycles. The molecule has 3 aromatic rings. The molecule has 0 aliphatic rings. The molecule has 0 fully saturated rings. The van der Waals surface area contributed by atoms with Crippen molar-refractivity contribution in [2.24, 2.45) is 10.3 Å². The van der Waals surface area contributed by atoms with Crippen LogP contribution in [0.15, 0.2) is 77.0 Å². The average molecular weight is 529 g/mol. The number of carbonyl (C=O) groups is 1. The molecule has 3 aromatic carbocycles. The number of halogens is 3. The fraction of sp³-hybridized carbons (Fsp3) is 0.276. The number of alkyl halides is 3. The molecular formula is C29H31F3N2O4. The summed E-state index contributed by atoms with van der Waals surface area (Å²) >= 11 is 0. The molecule has 0 atom stereocenters. The highest BCUT2D eigenvalue weighted by atomic mass is 19.4. The number of aryl methyl sites for hydroxylation is 1. The van der Waals surface area contributed by atoms with E-state index in [4.69, 9.17) is 9.68 Å². The molecule has 0 saturated carbocycles. The van der Waals surface area contributed by atoms with E-state index in [1.807, 2.05) is 43.3 Å². The first-order chi connectivity index (χ1) is 18.2. The molecule has 0 aliphatic heterocycles. The Morgan fingerprint density at radius 1 is 0.895 bits per heavy atom. The fourth-order valence-electron chi connectivity index (χ4n) is 3.69. The summed E-state index contributed by atoms with van der Waals surface area (Å²) in [5.74, 6) is 0. The van der Waals surface area contributed by atoms with Gasteiger partial charge in [0.05, 0.1) is 11.3 Å². The molecule has 0 heterocycles. The Bertz CT molecular complexity index is 1260. The molecule has 6 nitrogen and oxygen atoms in total. The van der Waals surface area contributed by atoms with Crippen molar-refractivity contribution in [3.8, 4) is 0 Å². The average Bonchev–Trinajstić information content (AvgIpc) is 2.88. The summed E-state index contributed by atoms with van der Waals surface area (Å²) in [4.78, 5) is 21.6. The highest BCUT2D eigenvalue weighted by molar-refractivity contribution is 6.36. The van der Waals surface area contributed by atoms with Gasteiger partial charge in [-0.15, -0.1) is 0 Å². The third kappa shape index (κ3) is 8.55. The molecular weight excluding hydrogens is 497 g/mol. The monoisotopic (exact) mass is 528 g/mol. The van der Waals surface area contributed by atoms with Gasteiger partial charge in [-0.3, -0.25) is 4.79 Å². The molecule has 38 heavy (non-hydrogen) atoms. The summed E-state index contributed by atoms with van der Waals surface area (Å²) in [6.07, 6.45) is -3.62. The standard InChI is InChI=1S/C27H25F3N2O3.C2H6O/c1-18-8-7-11-23(26(16-33)32-34-3)24(18)17-35-31-19(2)22-13-12-21(15-25(22)27(28,29)30)14-20-9-5-4-6-10-20;1-3-2/h4-13,15-16H,14,17H2,1-3H3;1-2H3/b31-19+,32-26-;. The number of aldehydes is 1. The van der Waals surface area contributed by atoms with Crippen LogP contribution in [0.25, 0.3) is 0 Å². The zero-order valence-corrected chi connectivity index (χ0v) is 22.0. The predicted molar refractivity (Wildman–Crippen MR) is 141 cm³/mol.